The first-order chi connectivity index (χ1) is 28.4. The topological polar surface area (TPSA) is 169 Å². The Morgan fingerprint density at radius 3 is 2.36 bits per heavy atom. The van der Waals surface area contributed by atoms with Crippen LogP contribution in [0.1, 0.15) is 72.9 Å². The molecule has 3 saturated heterocycles. The van der Waals surface area contributed by atoms with Gasteiger partial charge in [-0.3, -0.25) is 39.0 Å². The first-order valence-corrected chi connectivity index (χ1v) is 20.7. The number of anilines is 2. The summed E-state index contributed by atoms with van der Waals surface area (Å²) in [5.74, 6) is -1.05. The fraction of sp³-hybridized carbons (Fsp3) is 0.372. The number of hydrogen-bond acceptors (Lipinski definition) is 10. The Bertz CT molecular complexity index is 2360. The summed E-state index contributed by atoms with van der Waals surface area (Å²) in [4.78, 5) is 84.0. The van der Waals surface area contributed by atoms with E-state index in [2.05, 4.69) is 66.0 Å². The Kier molecular flexibility index (Phi) is 11.5. The molecule has 5 heterocycles. The number of imide groups is 1. The summed E-state index contributed by atoms with van der Waals surface area (Å²) in [6.07, 6.45) is 3.02. The predicted octanol–water partition coefficient (Wildman–Crippen LogP) is 3.41. The normalized spacial score (nSPS) is 21.3. The number of nitrogens with zero attached hydrogens (tertiary/aromatic N) is 6. The number of rotatable bonds is 9. The lowest BCUT2D eigenvalue weighted by Crippen LogP contribution is -2.52. The highest BCUT2D eigenvalue weighted by Gasteiger charge is 2.39. The number of likely N-dealkylation sites (N-methyl/N-ethyl adjacent to an activating group) is 1. The van der Waals surface area contributed by atoms with Crippen LogP contribution in [0.25, 0.3) is 0 Å². The average Bonchev–Trinajstić information content (AvgIpc) is 3.55. The molecule has 59 heavy (non-hydrogen) atoms. The quantitative estimate of drug-likeness (QED) is 0.212. The highest BCUT2D eigenvalue weighted by Crippen LogP contribution is 2.31. The molecule has 1 aromatic heterocycles. The fourth-order valence-electron chi connectivity index (χ4n) is 8.56. The van der Waals surface area contributed by atoms with Gasteiger partial charge in [0.15, 0.2) is 0 Å². The van der Waals surface area contributed by atoms with Crippen LogP contribution in [0.3, 0.4) is 0 Å². The van der Waals surface area contributed by atoms with E-state index in [1.165, 1.54) is 15.1 Å². The van der Waals surface area contributed by atoms with Gasteiger partial charge in [-0.1, -0.05) is 24.3 Å². The maximum atomic E-state index is 13.5. The summed E-state index contributed by atoms with van der Waals surface area (Å²) in [7, 11) is 3.72. The second-order valence-corrected chi connectivity index (χ2v) is 16.7. The van der Waals surface area contributed by atoms with Crippen molar-refractivity contribution in [3.63, 3.8) is 0 Å². The minimum atomic E-state index is -0.698. The first-order valence-electron chi connectivity index (χ1n) is 19.9. The highest BCUT2D eigenvalue weighted by molar-refractivity contribution is 9.10. The molecular weight excluding hydrogens is 818 g/mol. The molecule has 0 aliphatic carbocycles. The van der Waals surface area contributed by atoms with Crippen molar-refractivity contribution in [1.82, 2.24) is 34.7 Å². The monoisotopic (exact) mass is 863 g/mol. The number of aryl methyl sites for hydroxylation is 1. The molecule has 5 amide bonds. The van der Waals surface area contributed by atoms with Gasteiger partial charge in [-0.2, -0.15) is 5.10 Å². The number of hydrogen-bond donors (Lipinski definition) is 3. The van der Waals surface area contributed by atoms with E-state index in [1.54, 1.807) is 43.6 Å². The Morgan fingerprint density at radius 2 is 1.63 bits per heavy atom. The molecule has 0 spiro atoms. The molecule has 3 atom stereocenters. The molecule has 306 valence electrons. The number of benzene rings is 3. The van der Waals surface area contributed by atoms with Crippen molar-refractivity contribution in [2.75, 3.05) is 56.9 Å². The third-order valence-electron chi connectivity index (χ3n) is 11.8. The van der Waals surface area contributed by atoms with Crippen LogP contribution in [-0.4, -0.2) is 117 Å². The molecule has 4 aromatic rings. The van der Waals surface area contributed by atoms with Crippen molar-refractivity contribution >= 4 is 56.8 Å². The largest absolute Gasteiger partial charge is 0.379 e. The summed E-state index contributed by atoms with van der Waals surface area (Å²) in [5, 5.41) is 12.9. The van der Waals surface area contributed by atoms with Crippen LogP contribution >= 0.6 is 15.9 Å². The molecule has 1 unspecified atom stereocenters. The zero-order chi connectivity index (χ0) is 41.4. The minimum absolute atomic E-state index is 0.0245. The van der Waals surface area contributed by atoms with E-state index in [-0.39, 0.29) is 60.5 Å². The Morgan fingerprint density at radius 1 is 0.898 bits per heavy atom. The van der Waals surface area contributed by atoms with Crippen molar-refractivity contribution in [2.45, 2.75) is 50.4 Å². The molecule has 0 saturated carbocycles. The van der Waals surface area contributed by atoms with E-state index in [4.69, 9.17) is 0 Å². The summed E-state index contributed by atoms with van der Waals surface area (Å²) >= 11 is 3.42. The smallest absolute Gasteiger partial charge is 0.282 e. The van der Waals surface area contributed by atoms with Crippen LogP contribution in [0, 0.1) is 0 Å². The van der Waals surface area contributed by atoms with E-state index < -0.39 is 11.9 Å². The third-order valence-corrected chi connectivity index (χ3v) is 12.5. The zero-order valence-electron chi connectivity index (χ0n) is 32.9. The van der Waals surface area contributed by atoms with Crippen molar-refractivity contribution in [2.24, 2.45) is 7.05 Å². The molecule has 0 bridgehead atoms. The van der Waals surface area contributed by atoms with Crippen LogP contribution in [0.2, 0.25) is 0 Å². The molecular formula is C43H46BrN9O6. The van der Waals surface area contributed by atoms with Gasteiger partial charge >= 0.3 is 0 Å². The molecule has 15 nitrogen and oxygen atoms in total. The lowest BCUT2D eigenvalue weighted by Gasteiger charge is -2.37. The van der Waals surface area contributed by atoms with Gasteiger partial charge in [0.1, 0.15) is 10.5 Å². The molecule has 3 fully saturated rings. The van der Waals surface area contributed by atoms with Crippen LogP contribution in [0.4, 0.5) is 11.4 Å². The van der Waals surface area contributed by atoms with E-state index in [0.717, 1.165) is 38.2 Å². The van der Waals surface area contributed by atoms with Gasteiger partial charge in [-0.25, -0.2) is 4.68 Å². The van der Waals surface area contributed by atoms with E-state index >= 15 is 0 Å². The fourth-order valence-corrected chi connectivity index (χ4v) is 9.03. The lowest BCUT2D eigenvalue weighted by molar-refractivity contribution is -0.136. The number of fused-ring (bicyclic) bond motifs is 1. The molecule has 8 rings (SSSR count). The Balaban J connectivity index is 0.800. The molecule has 0 radical (unpaired) electrons. The van der Waals surface area contributed by atoms with Gasteiger partial charge in [-0.15, -0.1) is 0 Å². The maximum Gasteiger partial charge on any atom is 0.282 e. The highest BCUT2D eigenvalue weighted by atomic mass is 79.9. The first kappa shape index (κ1) is 40.1. The lowest BCUT2D eigenvalue weighted by atomic mass is 9.87. The van der Waals surface area contributed by atoms with Crippen LogP contribution in [0.5, 0.6) is 0 Å². The van der Waals surface area contributed by atoms with Crippen molar-refractivity contribution < 1.29 is 24.0 Å². The van der Waals surface area contributed by atoms with Gasteiger partial charge in [0.05, 0.1) is 11.9 Å². The Hall–Kier alpha value is -5.71. The van der Waals surface area contributed by atoms with Crippen molar-refractivity contribution in [3.05, 3.63) is 121 Å². The number of piperazine rings is 1. The van der Waals surface area contributed by atoms with Crippen LogP contribution < -0.4 is 21.5 Å². The zero-order valence-corrected chi connectivity index (χ0v) is 34.5. The molecule has 4 aliphatic heterocycles. The summed E-state index contributed by atoms with van der Waals surface area (Å²) in [6.45, 7) is 5.36. The SMILES string of the molecule is CN1C[C@H](Nc2cnn(C)c(=O)c2Br)C[C@H](c2ccc(C(=O)N3CCN(Cc4ccc(C(=O)Nc5ccc6c(c5)CN(C5CCC(=O)NC5=O)C6=O)cc4)CC3)cc2)C1. The number of aromatic nitrogens is 2. The number of carbonyl (C=O) groups excluding carboxylic acids is 5. The second kappa shape index (κ2) is 16.9. The number of carbonyl (C=O) groups is 5. The summed E-state index contributed by atoms with van der Waals surface area (Å²) < 4.78 is 1.77. The van der Waals surface area contributed by atoms with Gasteiger partial charge in [0, 0.05) is 94.2 Å². The molecule has 16 heteroatoms. The van der Waals surface area contributed by atoms with Crippen molar-refractivity contribution in [3.8, 4) is 0 Å². The number of piperidine rings is 2. The number of amides is 5. The summed E-state index contributed by atoms with van der Waals surface area (Å²) in [6, 6.07) is 20.0. The number of nitrogens with one attached hydrogen (secondary N) is 3. The van der Waals surface area contributed by atoms with Gasteiger partial charge < -0.3 is 25.3 Å². The minimum Gasteiger partial charge on any atom is -0.379 e. The van der Waals surface area contributed by atoms with E-state index in [9.17, 15) is 28.8 Å². The Labute approximate surface area is 349 Å². The molecule has 3 N–H and O–H groups in total. The third kappa shape index (κ3) is 8.70. The standard InChI is InChI=1S/C43H46BrN9O6/c1-49-23-30(19-33(25-49)46-35-21-45-50(2)43(59)38(35)44)27-7-9-29(10-8-27)41(57)52-17-15-51(16-18-52)22-26-3-5-28(6-4-26)39(55)47-32-11-12-34-31(20-32)24-53(42(34)58)36-13-14-37(54)48-40(36)56/h3-12,20-21,30,33,36,46H,13-19,22-25H2,1-2H3,(H,47,55)(H,48,54,56)/t30-,33+,36?/m0/s1. The maximum absolute atomic E-state index is 13.5. The van der Waals surface area contributed by atoms with Crippen LogP contribution in [-0.2, 0) is 29.7 Å². The number of likely N-dealkylation sites (tertiary alicyclic amines) is 1. The van der Waals surface area contributed by atoms with E-state index in [0.29, 0.717) is 57.7 Å². The van der Waals surface area contributed by atoms with Crippen molar-refractivity contribution in [1.29, 1.82) is 0 Å². The number of halogens is 1. The summed E-state index contributed by atoms with van der Waals surface area (Å²) in [5.41, 5.74) is 5.64. The molecule has 3 aromatic carbocycles. The van der Waals surface area contributed by atoms with Gasteiger partial charge in [0.25, 0.3) is 23.3 Å². The molecule has 4 aliphatic rings. The predicted molar refractivity (Wildman–Crippen MR) is 224 cm³/mol. The van der Waals surface area contributed by atoms with Gasteiger partial charge in [0.2, 0.25) is 11.8 Å². The van der Waals surface area contributed by atoms with Gasteiger partial charge in [-0.05, 0) is 101 Å². The van der Waals surface area contributed by atoms with E-state index in [1.807, 2.05) is 29.2 Å². The van der Waals surface area contributed by atoms with Crippen LogP contribution in [0.15, 0.2) is 82.2 Å². The second-order valence-electron chi connectivity index (χ2n) is 15.9. The average molecular weight is 865 g/mol.